The number of hydrogen-bond acceptors (Lipinski definition) is 3. The van der Waals surface area contributed by atoms with E-state index in [0.29, 0.717) is 12.5 Å². The first-order valence-corrected chi connectivity index (χ1v) is 5.05. The van der Waals surface area contributed by atoms with E-state index in [9.17, 15) is 0 Å². The van der Waals surface area contributed by atoms with Gasteiger partial charge in [-0.25, -0.2) is 0 Å². The Hall–Kier alpha value is -0.930. The summed E-state index contributed by atoms with van der Waals surface area (Å²) >= 11 is 0. The van der Waals surface area contributed by atoms with Gasteiger partial charge in [-0.05, 0) is 24.0 Å². The van der Waals surface area contributed by atoms with Gasteiger partial charge >= 0.3 is 0 Å². The zero-order chi connectivity index (χ0) is 10.4. The average molecular weight is 194 g/mol. The van der Waals surface area contributed by atoms with Gasteiger partial charge in [0.15, 0.2) is 0 Å². The van der Waals surface area contributed by atoms with E-state index in [-0.39, 0.29) is 6.61 Å². The quantitative estimate of drug-likeness (QED) is 0.738. The molecule has 1 rings (SSSR count). The van der Waals surface area contributed by atoms with Crippen LogP contribution in [-0.2, 0) is 13.0 Å². The lowest BCUT2D eigenvalue weighted by Gasteiger charge is -2.13. The van der Waals surface area contributed by atoms with Crippen molar-refractivity contribution in [2.24, 2.45) is 11.7 Å². The molecule has 1 atom stereocenters. The number of nitrogens with zero attached hydrogens (tertiary/aromatic N) is 1. The zero-order valence-corrected chi connectivity index (χ0v) is 8.61. The molecule has 1 aromatic rings. The van der Waals surface area contributed by atoms with E-state index in [1.807, 2.05) is 12.1 Å². The topological polar surface area (TPSA) is 59.1 Å². The summed E-state index contributed by atoms with van der Waals surface area (Å²) in [6.45, 7) is 2.78. The van der Waals surface area contributed by atoms with Gasteiger partial charge in [0.25, 0.3) is 0 Å². The minimum Gasteiger partial charge on any atom is -0.396 e. The molecule has 78 valence electrons. The number of rotatable bonds is 5. The van der Waals surface area contributed by atoms with Crippen LogP contribution in [0.2, 0.25) is 0 Å². The van der Waals surface area contributed by atoms with Gasteiger partial charge in [0.2, 0.25) is 0 Å². The van der Waals surface area contributed by atoms with Gasteiger partial charge in [0, 0.05) is 19.3 Å². The van der Waals surface area contributed by atoms with Crippen molar-refractivity contribution in [2.45, 2.75) is 26.3 Å². The zero-order valence-electron chi connectivity index (χ0n) is 8.61. The lowest BCUT2D eigenvalue weighted by Crippen LogP contribution is -2.12. The van der Waals surface area contributed by atoms with E-state index in [2.05, 4.69) is 11.9 Å². The Morgan fingerprint density at radius 1 is 1.57 bits per heavy atom. The summed E-state index contributed by atoms with van der Waals surface area (Å²) in [5.74, 6) is 0.324. The van der Waals surface area contributed by atoms with Gasteiger partial charge in [-0.2, -0.15) is 0 Å². The molecule has 14 heavy (non-hydrogen) atoms. The molecule has 3 nitrogen and oxygen atoms in total. The maximum atomic E-state index is 9.10. The van der Waals surface area contributed by atoms with Gasteiger partial charge in [-0.1, -0.05) is 19.4 Å². The molecule has 1 heterocycles. The SMILES string of the molecule is CCC(CO)Cc1cccnc1CN. The molecular weight excluding hydrogens is 176 g/mol. The first-order valence-electron chi connectivity index (χ1n) is 5.05. The van der Waals surface area contributed by atoms with Crippen molar-refractivity contribution in [3.63, 3.8) is 0 Å². The number of aliphatic hydroxyl groups excluding tert-OH is 1. The van der Waals surface area contributed by atoms with E-state index in [1.54, 1.807) is 6.20 Å². The summed E-state index contributed by atoms with van der Waals surface area (Å²) in [6.07, 6.45) is 3.61. The van der Waals surface area contributed by atoms with Gasteiger partial charge in [-0.3, -0.25) is 4.98 Å². The second-order valence-corrected chi connectivity index (χ2v) is 3.47. The Morgan fingerprint density at radius 3 is 2.93 bits per heavy atom. The van der Waals surface area contributed by atoms with Crippen molar-refractivity contribution in [2.75, 3.05) is 6.61 Å². The standard InChI is InChI=1S/C11H18N2O/c1-2-9(8-14)6-10-4-3-5-13-11(10)7-12/h3-5,9,14H,2,6-8,12H2,1H3. The summed E-state index contributed by atoms with van der Waals surface area (Å²) in [5, 5.41) is 9.10. The highest BCUT2D eigenvalue weighted by Gasteiger charge is 2.08. The van der Waals surface area contributed by atoms with Crippen LogP contribution in [0.1, 0.15) is 24.6 Å². The van der Waals surface area contributed by atoms with Gasteiger partial charge in [-0.15, -0.1) is 0 Å². The monoisotopic (exact) mass is 194 g/mol. The molecule has 0 saturated carbocycles. The third-order valence-corrected chi connectivity index (χ3v) is 2.52. The van der Waals surface area contributed by atoms with Crippen LogP contribution in [0, 0.1) is 5.92 Å². The van der Waals surface area contributed by atoms with Crippen molar-refractivity contribution in [3.05, 3.63) is 29.6 Å². The van der Waals surface area contributed by atoms with Gasteiger partial charge in [0.05, 0.1) is 5.69 Å². The Bertz CT molecular complexity index is 272. The van der Waals surface area contributed by atoms with Crippen LogP contribution in [0.3, 0.4) is 0 Å². The molecule has 0 amide bonds. The predicted molar refractivity (Wildman–Crippen MR) is 56.7 cm³/mol. The number of nitrogens with two attached hydrogens (primary N) is 1. The van der Waals surface area contributed by atoms with Crippen molar-refractivity contribution in [1.29, 1.82) is 0 Å². The molecule has 0 radical (unpaired) electrons. The molecule has 0 bridgehead atoms. The fourth-order valence-corrected chi connectivity index (χ4v) is 1.49. The molecule has 0 aliphatic carbocycles. The van der Waals surface area contributed by atoms with Crippen molar-refractivity contribution in [3.8, 4) is 0 Å². The first kappa shape index (κ1) is 11.1. The van der Waals surface area contributed by atoms with E-state index in [4.69, 9.17) is 10.8 Å². The maximum Gasteiger partial charge on any atom is 0.0571 e. The second kappa shape index (κ2) is 5.73. The molecule has 1 unspecified atom stereocenters. The Balaban J connectivity index is 2.74. The molecule has 3 N–H and O–H groups in total. The second-order valence-electron chi connectivity index (χ2n) is 3.47. The lowest BCUT2D eigenvalue weighted by molar-refractivity contribution is 0.222. The van der Waals surface area contributed by atoms with Crippen molar-refractivity contribution < 1.29 is 5.11 Å². The molecule has 0 saturated heterocycles. The summed E-state index contributed by atoms with van der Waals surface area (Å²) in [5.41, 5.74) is 7.69. The molecule has 3 heteroatoms. The normalized spacial score (nSPS) is 12.8. The molecule has 0 spiro atoms. The minimum atomic E-state index is 0.232. The summed E-state index contributed by atoms with van der Waals surface area (Å²) in [6, 6.07) is 3.95. The van der Waals surface area contributed by atoms with Crippen molar-refractivity contribution >= 4 is 0 Å². The van der Waals surface area contributed by atoms with E-state index in [1.165, 1.54) is 0 Å². The van der Waals surface area contributed by atoms with E-state index >= 15 is 0 Å². The van der Waals surface area contributed by atoms with Gasteiger partial charge < -0.3 is 10.8 Å². The summed E-state index contributed by atoms with van der Waals surface area (Å²) in [7, 11) is 0. The fraction of sp³-hybridized carbons (Fsp3) is 0.545. The molecule has 0 aliphatic rings. The Labute approximate surface area is 85.0 Å². The molecule has 0 aromatic carbocycles. The fourth-order valence-electron chi connectivity index (χ4n) is 1.49. The predicted octanol–water partition coefficient (Wildman–Crippen LogP) is 1.10. The van der Waals surface area contributed by atoms with Crippen LogP contribution < -0.4 is 5.73 Å². The Morgan fingerprint density at radius 2 is 2.36 bits per heavy atom. The largest absolute Gasteiger partial charge is 0.396 e. The highest BCUT2D eigenvalue weighted by atomic mass is 16.3. The van der Waals surface area contributed by atoms with Crippen LogP contribution in [0.4, 0.5) is 0 Å². The maximum absolute atomic E-state index is 9.10. The Kier molecular flexibility index (Phi) is 4.56. The smallest absolute Gasteiger partial charge is 0.0571 e. The summed E-state index contributed by atoms with van der Waals surface area (Å²) < 4.78 is 0. The van der Waals surface area contributed by atoms with Crippen LogP contribution in [0.25, 0.3) is 0 Å². The summed E-state index contributed by atoms with van der Waals surface area (Å²) in [4.78, 5) is 4.21. The molecule has 0 fully saturated rings. The first-order chi connectivity index (χ1) is 6.81. The van der Waals surface area contributed by atoms with Crippen LogP contribution >= 0.6 is 0 Å². The third kappa shape index (κ3) is 2.79. The number of aromatic nitrogens is 1. The van der Waals surface area contributed by atoms with Crippen LogP contribution in [0.15, 0.2) is 18.3 Å². The van der Waals surface area contributed by atoms with Crippen LogP contribution in [-0.4, -0.2) is 16.7 Å². The third-order valence-electron chi connectivity index (χ3n) is 2.52. The molecular formula is C11H18N2O. The van der Waals surface area contributed by atoms with Crippen LogP contribution in [0.5, 0.6) is 0 Å². The molecule has 1 aromatic heterocycles. The van der Waals surface area contributed by atoms with Gasteiger partial charge in [0.1, 0.15) is 0 Å². The highest BCUT2D eigenvalue weighted by Crippen LogP contribution is 2.13. The minimum absolute atomic E-state index is 0.232. The average Bonchev–Trinajstić information content (AvgIpc) is 2.26. The molecule has 0 aliphatic heterocycles. The van der Waals surface area contributed by atoms with E-state index in [0.717, 1.165) is 24.1 Å². The number of aliphatic hydroxyl groups is 1. The lowest BCUT2D eigenvalue weighted by atomic mass is 9.97. The number of hydrogen-bond donors (Lipinski definition) is 2. The van der Waals surface area contributed by atoms with E-state index < -0.39 is 0 Å². The number of pyridine rings is 1. The van der Waals surface area contributed by atoms with Crippen molar-refractivity contribution in [1.82, 2.24) is 4.98 Å². The highest BCUT2D eigenvalue weighted by molar-refractivity contribution is 5.20.